The molecule has 1 amide bonds. The average Bonchev–Trinajstić information content (AvgIpc) is 3.41. The minimum Gasteiger partial charge on any atom is -0.497 e. The maximum absolute atomic E-state index is 13.1. The summed E-state index contributed by atoms with van der Waals surface area (Å²) < 4.78 is 16.1. The molecule has 1 atom stereocenters. The molecule has 0 aromatic heterocycles. The van der Waals surface area contributed by atoms with Gasteiger partial charge in [-0.3, -0.25) is 4.79 Å². The highest BCUT2D eigenvalue weighted by molar-refractivity contribution is 5.91. The van der Waals surface area contributed by atoms with Gasteiger partial charge in [-0.1, -0.05) is 12.1 Å². The number of hydrogen-bond donors (Lipinski definition) is 0. The quantitative estimate of drug-likeness (QED) is 0.804. The molecule has 0 N–H and O–H groups in total. The minimum atomic E-state index is -0.324. The Hall–Kier alpha value is -1.59. The first-order chi connectivity index (χ1) is 11.2. The van der Waals surface area contributed by atoms with Crippen molar-refractivity contribution in [2.45, 2.75) is 30.8 Å². The standard InChI is InChI=1S/C18H25NO4/c1-21-11-7-16-13-19(10-12-23-16)17(20)18(8-9-18)14-3-5-15(22-2)6-4-14/h3-6,16H,7-13H2,1-2H3/t16-/m1/s1. The van der Waals surface area contributed by atoms with Gasteiger partial charge in [0.05, 0.1) is 25.2 Å². The third-order valence-electron chi connectivity index (χ3n) is 4.87. The monoisotopic (exact) mass is 319 g/mol. The van der Waals surface area contributed by atoms with Gasteiger partial charge in [0.2, 0.25) is 5.91 Å². The summed E-state index contributed by atoms with van der Waals surface area (Å²) in [7, 11) is 3.34. The largest absolute Gasteiger partial charge is 0.497 e. The SMILES string of the molecule is COCC[C@@H]1CN(C(=O)C2(c3ccc(OC)cc3)CC2)CCO1. The van der Waals surface area contributed by atoms with E-state index in [0.29, 0.717) is 26.3 Å². The Morgan fingerprint density at radius 3 is 2.65 bits per heavy atom. The minimum absolute atomic E-state index is 0.0827. The molecule has 1 aliphatic carbocycles. The van der Waals surface area contributed by atoms with Gasteiger partial charge < -0.3 is 19.1 Å². The fourth-order valence-corrected chi connectivity index (χ4v) is 3.29. The van der Waals surface area contributed by atoms with Crippen LogP contribution in [0.5, 0.6) is 5.75 Å². The predicted octanol–water partition coefficient (Wildman–Crippen LogP) is 1.99. The molecule has 1 aromatic carbocycles. The number of carbonyl (C=O) groups is 1. The molecule has 23 heavy (non-hydrogen) atoms. The Bertz CT molecular complexity index is 538. The molecule has 1 aromatic rings. The fraction of sp³-hybridized carbons (Fsp3) is 0.611. The van der Waals surface area contributed by atoms with Crippen LogP contribution in [0.4, 0.5) is 0 Å². The highest BCUT2D eigenvalue weighted by Crippen LogP contribution is 2.50. The second kappa shape index (κ2) is 6.89. The van der Waals surface area contributed by atoms with Crippen molar-refractivity contribution in [3.63, 3.8) is 0 Å². The number of nitrogens with zero attached hydrogens (tertiary/aromatic N) is 1. The summed E-state index contributed by atoms with van der Waals surface area (Å²) in [6.45, 7) is 2.62. The van der Waals surface area contributed by atoms with Crippen LogP contribution in [0.15, 0.2) is 24.3 Å². The number of methoxy groups -OCH3 is 2. The topological polar surface area (TPSA) is 48.0 Å². The molecule has 0 radical (unpaired) electrons. The van der Waals surface area contributed by atoms with E-state index in [-0.39, 0.29) is 17.4 Å². The van der Waals surface area contributed by atoms with E-state index < -0.39 is 0 Å². The van der Waals surface area contributed by atoms with E-state index in [9.17, 15) is 4.79 Å². The molecule has 5 nitrogen and oxygen atoms in total. The fourth-order valence-electron chi connectivity index (χ4n) is 3.29. The molecule has 1 heterocycles. The molecule has 0 unspecified atom stereocenters. The number of ether oxygens (including phenoxy) is 3. The number of benzene rings is 1. The van der Waals surface area contributed by atoms with Gasteiger partial charge in [-0.15, -0.1) is 0 Å². The van der Waals surface area contributed by atoms with Gasteiger partial charge in [0.1, 0.15) is 5.75 Å². The Balaban J connectivity index is 1.68. The zero-order valence-corrected chi connectivity index (χ0v) is 13.9. The summed E-state index contributed by atoms with van der Waals surface area (Å²) in [6.07, 6.45) is 2.77. The number of amides is 1. The van der Waals surface area contributed by atoms with Crippen LogP contribution in [0.1, 0.15) is 24.8 Å². The van der Waals surface area contributed by atoms with Gasteiger partial charge in [0.15, 0.2) is 0 Å². The van der Waals surface area contributed by atoms with Gasteiger partial charge in [0.25, 0.3) is 0 Å². The number of morpholine rings is 1. The first kappa shape index (κ1) is 16.3. The second-order valence-electron chi connectivity index (χ2n) is 6.34. The number of carbonyl (C=O) groups excluding carboxylic acids is 1. The predicted molar refractivity (Wildman–Crippen MR) is 86.7 cm³/mol. The summed E-state index contributed by atoms with van der Waals surface area (Å²) >= 11 is 0. The third kappa shape index (κ3) is 3.35. The van der Waals surface area contributed by atoms with Crippen LogP contribution >= 0.6 is 0 Å². The van der Waals surface area contributed by atoms with Crippen molar-refractivity contribution < 1.29 is 19.0 Å². The molecular weight excluding hydrogens is 294 g/mol. The Morgan fingerprint density at radius 1 is 1.30 bits per heavy atom. The van der Waals surface area contributed by atoms with Crippen LogP contribution in [0.3, 0.4) is 0 Å². The maximum atomic E-state index is 13.1. The Morgan fingerprint density at radius 2 is 2.04 bits per heavy atom. The van der Waals surface area contributed by atoms with E-state index in [1.54, 1.807) is 14.2 Å². The van der Waals surface area contributed by atoms with Gasteiger partial charge in [-0.2, -0.15) is 0 Å². The molecule has 5 heteroatoms. The van der Waals surface area contributed by atoms with Crippen LogP contribution in [-0.4, -0.2) is 57.4 Å². The lowest BCUT2D eigenvalue weighted by Gasteiger charge is -2.35. The van der Waals surface area contributed by atoms with E-state index in [2.05, 4.69) is 0 Å². The second-order valence-corrected chi connectivity index (χ2v) is 6.34. The van der Waals surface area contributed by atoms with Gasteiger partial charge in [-0.25, -0.2) is 0 Å². The van der Waals surface area contributed by atoms with Crippen molar-refractivity contribution in [3.8, 4) is 5.75 Å². The Kier molecular flexibility index (Phi) is 4.87. The molecule has 2 aliphatic rings. The lowest BCUT2D eigenvalue weighted by atomic mass is 9.93. The Labute approximate surface area is 137 Å². The summed E-state index contributed by atoms with van der Waals surface area (Å²) in [4.78, 5) is 15.0. The molecule has 1 saturated carbocycles. The van der Waals surface area contributed by atoms with Crippen molar-refractivity contribution in [2.24, 2.45) is 0 Å². The molecule has 1 aliphatic heterocycles. The number of rotatable bonds is 6. The molecule has 2 fully saturated rings. The maximum Gasteiger partial charge on any atom is 0.233 e. The van der Waals surface area contributed by atoms with Crippen molar-refractivity contribution in [3.05, 3.63) is 29.8 Å². The van der Waals surface area contributed by atoms with E-state index in [0.717, 1.165) is 30.6 Å². The average molecular weight is 319 g/mol. The lowest BCUT2D eigenvalue weighted by Crippen LogP contribution is -2.49. The normalized spacial score (nSPS) is 22.7. The molecule has 3 rings (SSSR count). The van der Waals surface area contributed by atoms with Crippen LogP contribution in [0.2, 0.25) is 0 Å². The lowest BCUT2D eigenvalue weighted by molar-refractivity contribution is -0.142. The molecular formula is C18H25NO4. The first-order valence-corrected chi connectivity index (χ1v) is 8.24. The smallest absolute Gasteiger partial charge is 0.233 e. The summed E-state index contributed by atoms with van der Waals surface area (Å²) in [5.74, 6) is 1.07. The van der Waals surface area contributed by atoms with Gasteiger partial charge in [0, 0.05) is 26.8 Å². The highest BCUT2D eigenvalue weighted by atomic mass is 16.5. The van der Waals surface area contributed by atoms with Crippen molar-refractivity contribution in [1.82, 2.24) is 4.90 Å². The van der Waals surface area contributed by atoms with Gasteiger partial charge >= 0.3 is 0 Å². The van der Waals surface area contributed by atoms with Crippen molar-refractivity contribution >= 4 is 5.91 Å². The summed E-state index contributed by atoms with van der Waals surface area (Å²) in [5, 5.41) is 0. The van der Waals surface area contributed by atoms with E-state index in [1.165, 1.54) is 0 Å². The third-order valence-corrected chi connectivity index (χ3v) is 4.87. The zero-order valence-electron chi connectivity index (χ0n) is 13.9. The van der Waals surface area contributed by atoms with Crippen molar-refractivity contribution in [1.29, 1.82) is 0 Å². The molecule has 0 bridgehead atoms. The summed E-state index contributed by atoms with van der Waals surface area (Å²) in [5.41, 5.74) is 0.776. The first-order valence-electron chi connectivity index (χ1n) is 8.24. The summed E-state index contributed by atoms with van der Waals surface area (Å²) in [6, 6.07) is 7.91. The molecule has 0 spiro atoms. The van der Waals surface area contributed by atoms with Crippen LogP contribution in [0.25, 0.3) is 0 Å². The zero-order chi connectivity index (χ0) is 16.3. The van der Waals surface area contributed by atoms with Gasteiger partial charge in [-0.05, 0) is 37.0 Å². The van der Waals surface area contributed by atoms with E-state index in [4.69, 9.17) is 14.2 Å². The molecule has 1 saturated heterocycles. The van der Waals surface area contributed by atoms with E-state index in [1.807, 2.05) is 29.2 Å². The van der Waals surface area contributed by atoms with Crippen LogP contribution in [-0.2, 0) is 19.7 Å². The highest BCUT2D eigenvalue weighted by Gasteiger charge is 2.53. The van der Waals surface area contributed by atoms with Crippen LogP contribution in [0, 0.1) is 0 Å². The van der Waals surface area contributed by atoms with Crippen LogP contribution < -0.4 is 4.74 Å². The van der Waals surface area contributed by atoms with E-state index >= 15 is 0 Å². The van der Waals surface area contributed by atoms with Crippen molar-refractivity contribution in [2.75, 3.05) is 40.5 Å². The number of hydrogen-bond acceptors (Lipinski definition) is 4. The molecule has 126 valence electrons.